The van der Waals surface area contributed by atoms with Crippen LogP contribution in [0.4, 0.5) is 0 Å². The summed E-state index contributed by atoms with van der Waals surface area (Å²) in [6, 6.07) is 9.22. The molecule has 1 atom stereocenters. The van der Waals surface area contributed by atoms with Gasteiger partial charge in [0.25, 0.3) is 0 Å². The van der Waals surface area contributed by atoms with Crippen molar-refractivity contribution in [1.82, 2.24) is 4.90 Å². The van der Waals surface area contributed by atoms with Gasteiger partial charge in [0.05, 0.1) is 0 Å². The summed E-state index contributed by atoms with van der Waals surface area (Å²) in [5.74, 6) is 0. The van der Waals surface area contributed by atoms with E-state index in [4.69, 9.17) is 0 Å². The van der Waals surface area contributed by atoms with Gasteiger partial charge < -0.3 is 4.90 Å². The molecule has 0 N–H and O–H groups in total. The quantitative estimate of drug-likeness (QED) is 0.759. The van der Waals surface area contributed by atoms with Gasteiger partial charge in [-0.15, -0.1) is 0 Å². The summed E-state index contributed by atoms with van der Waals surface area (Å²) in [7, 11) is 2.22. The first kappa shape index (κ1) is 13.7. The lowest BCUT2D eigenvalue weighted by Gasteiger charge is -2.24. The fraction of sp³-hybridized carbons (Fsp3) is 0.571. The molecule has 1 aromatic rings. The van der Waals surface area contributed by atoms with Crippen LogP contribution in [-0.2, 0) is 6.42 Å². The monoisotopic (exact) mass is 283 g/mol. The van der Waals surface area contributed by atoms with Crippen molar-refractivity contribution in [3.63, 3.8) is 0 Å². The van der Waals surface area contributed by atoms with Crippen LogP contribution in [0.2, 0.25) is 0 Å². The van der Waals surface area contributed by atoms with E-state index in [2.05, 4.69) is 66.0 Å². The molecule has 0 saturated carbocycles. The second kappa shape index (κ2) is 7.08. The lowest BCUT2D eigenvalue weighted by atomic mass is 10.1. The number of unbranched alkanes of at least 4 members (excludes halogenated alkanes) is 1. The molecular weight excluding hydrogens is 262 g/mol. The highest BCUT2D eigenvalue weighted by molar-refractivity contribution is 9.10. The summed E-state index contributed by atoms with van der Waals surface area (Å²) in [5.41, 5.74) is 1.41. The Hall–Kier alpha value is -0.340. The van der Waals surface area contributed by atoms with E-state index >= 15 is 0 Å². The summed E-state index contributed by atoms with van der Waals surface area (Å²) in [6.07, 6.45) is 3.69. The van der Waals surface area contributed by atoms with Gasteiger partial charge >= 0.3 is 0 Å². The Kier molecular flexibility index (Phi) is 6.07. The zero-order valence-corrected chi connectivity index (χ0v) is 12.1. The average molecular weight is 284 g/mol. The molecule has 1 nitrogen and oxygen atoms in total. The van der Waals surface area contributed by atoms with Gasteiger partial charge in [0.15, 0.2) is 0 Å². The van der Waals surface area contributed by atoms with Crippen molar-refractivity contribution in [3.8, 4) is 0 Å². The van der Waals surface area contributed by atoms with E-state index in [1.54, 1.807) is 0 Å². The van der Waals surface area contributed by atoms with Gasteiger partial charge in [-0.25, -0.2) is 0 Å². The van der Waals surface area contributed by atoms with E-state index in [1.165, 1.54) is 29.4 Å². The van der Waals surface area contributed by atoms with Crippen LogP contribution in [0.5, 0.6) is 0 Å². The van der Waals surface area contributed by atoms with Crippen molar-refractivity contribution in [2.24, 2.45) is 0 Å². The minimum atomic E-state index is 0.612. The number of hydrogen-bond acceptors (Lipinski definition) is 1. The lowest BCUT2D eigenvalue weighted by molar-refractivity contribution is 0.252. The Balaban J connectivity index is 2.47. The maximum Gasteiger partial charge on any atom is 0.0178 e. The second-order valence-corrected chi connectivity index (χ2v) is 5.43. The number of benzene rings is 1. The van der Waals surface area contributed by atoms with Crippen LogP contribution in [0.15, 0.2) is 28.7 Å². The Morgan fingerprint density at radius 3 is 2.75 bits per heavy atom. The highest BCUT2D eigenvalue weighted by Gasteiger charge is 2.09. The van der Waals surface area contributed by atoms with Crippen molar-refractivity contribution >= 4 is 15.9 Å². The number of nitrogens with zero attached hydrogens (tertiary/aromatic N) is 1. The zero-order chi connectivity index (χ0) is 12.0. The fourth-order valence-electron chi connectivity index (χ4n) is 1.79. The highest BCUT2D eigenvalue weighted by Crippen LogP contribution is 2.14. The van der Waals surface area contributed by atoms with Gasteiger partial charge in [-0.05, 0) is 51.1 Å². The predicted octanol–water partition coefficient (Wildman–Crippen LogP) is 4.11. The Morgan fingerprint density at radius 2 is 2.12 bits per heavy atom. The van der Waals surface area contributed by atoms with E-state index in [0.29, 0.717) is 6.04 Å². The minimum absolute atomic E-state index is 0.612. The fourth-order valence-corrected chi connectivity index (χ4v) is 2.24. The zero-order valence-electron chi connectivity index (χ0n) is 10.5. The third kappa shape index (κ3) is 4.67. The first-order valence-corrected chi connectivity index (χ1v) is 6.87. The molecule has 1 unspecified atom stereocenters. The van der Waals surface area contributed by atoms with Crippen LogP contribution < -0.4 is 0 Å². The molecule has 0 heterocycles. The summed E-state index contributed by atoms with van der Waals surface area (Å²) in [4.78, 5) is 2.45. The lowest BCUT2D eigenvalue weighted by Crippen LogP contribution is -2.31. The third-order valence-corrected chi connectivity index (χ3v) is 3.53. The molecule has 0 bridgehead atoms. The SMILES string of the molecule is CCCCN(C)C(C)Cc1cccc(Br)c1. The molecule has 2 heteroatoms. The molecule has 90 valence electrons. The molecule has 1 aromatic carbocycles. The number of rotatable bonds is 6. The molecule has 0 aromatic heterocycles. The number of hydrogen-bond donors (Lipinski definition) is 0. The smallest absolute Gasteiger partial charge is 0.0178 e. The topological polar surface area (TPSA) is 3.24 Å². The maximum absolute atomic E-state index is 3.52. The normalized spacial score (nSPS) is 13.1. The van der Waals surface area contributed by atoms with E-state index in [-0.39, 0.29) is 0 Å². The van der Waals surface area contributed by atoms with Gasteiger partial charge in [0, 0.05) is 10.5 Å². The molecule has 0 aliphatic heterocycles. The Morgan fingerprint density at radius 1 is 1.38 bits per heavy atom. The minimum Gasteiger partial charge on any atom is -0.303 e. The van der Waals surface area contributed by atoms with Crippen LogP contribution in [0.1, 0.15) is 32.3 Å². The van der Waals surface area contributed by atoms with E-state index < -0.39 is 0 Å². The van der Waals surface area contributed by atoms with Crippen LogP contribution in [0.25, 0.3) is 0 Å². The van der Waals surface area contributed by atoms with Gasteiger partial charge in [0.2, 0.25) is 0 Å². The third-order valence-electron chi connectivity index (χ3n) is 3.04. The first-order chi connectivity index (χ1) is 7.63. The van der Waals surface area contributed by atoms with Gasteiger partial charge in [-0.3, -0.25) is 0 Å². The van der Waals surface area contributed by atoms with Gasteiger partial charge in [-0.1, -0.05) is 41.4 Å². The Labute approximate surface area is 108 Å². The summed E-state index contributed by atoms with van der Waals surface area (Å²) in [5, 5.41) is 0. The van der Waals surface area contributed by atoms with Gasteiger partial charge in [0.1, 0.15) is 0 Å². The molecule has 0 fully saturated rings. The van der Waals surface area contributed by atoms with Crippen molar-refractivity contribution in [1.29, 1.82) is 0 Å². The molecule has 0 aliphatic carbocycles. The molecular formula is C14H22BrN. The highest BCUT2D eigenvalue weighted by atomic mass is 79.9. The van der Waals surface area contributed by atoms with E-state index in [1.807, 2.05) is 0 Å². The molecule has 0 aliphatic rings. The van der Waals surface area contributed by atoms with Crippen molar-refractivity contribution in [2.45, 2.75) is 39.2 Å². The van der Waals surface area contributed by atoms with Gasteiger partial charge in [-0.2, -0.15) is 0 Å². The van der Waals surface area contributed by atoms with Crippen LogP contribution in [-0.4, -0.2) is 24.5 Å². The van der Waals surface area contributed by atoms with Crippen molar-refractivity contribution in [2.75, 3.05) is 13.6 Å². The average Bonchev–Trinajstić information content (AvgIpc) is 2.25. The molecule has 16 heavy (non-hydrogen) atoms. The number of halogens is 1. The summed E-state index contributed by atoms with van der Waals surface area (Å²) in [6.45, 7) is 5.75. The second-order valence-electron chi connectivity index (χ2n) is 4.52. The van der Waals surface area contributed by atoms with Crippen LogP contribution >= 0.6 is 15.9 Å². The Bertz CT molecular complexity index is 311. The largest absolute Gasteiger partial charge is 0.303 e. The van der Waals surface area contributed by atoms with Crippen molar-refractivity contribution in [3.05, 3.63) is 34.3 Å². The van der Waals surface area contributed by atoms with Crippen molar-refractivity contribution < 1.29 is 0 Å². The number of likely N-dealkylation sites (N-methyl/N-ethyl adjacent to an activating group) is 1. The summed E-state index contributed by atoms with van der Waals surface area (Å²) >= 11 is 3.52. The van der Waals surface area contributed by atoms with Crippen LogP contribution in [0.3, 0.4) is 0 Å². The molecule has 0 radical (unpaired) electrons. The standard InChI is InChI=1S/C14H22BrN/c1-4-5-9-16(3)12(2)10-13-7-6-8-14(15)11-13/h6-8,11-12H,4-5,9-10H2,1-3H3. The predicted molar refractivity (Wildman–Crippen MR) is 74.8 cm³/mol. The summed E-state index contributed by atoms with van der Waals surface area (Å²) < 4.78 is 1.17. The maximum atomic E-state index is 3.52. The first-order valence-electron chi connectivity index (χ1n) is 6.08. The molecule has 0 amide bonds. The van der Waals surface area contributed by atoms with E-state index in [9.17, 15) is 0 Å². The van der Waals surface area contributed by atoms with E-state index in [0.717, 1.165) is 6.42 Å². The molecule has 0 saturated heterocycles. The molecule has 0 spiro atoms. The van der Waals surface area contributed by atoms with Crippen LogP contribution in [0, 0.1) is 0 Å². The molecule has 1 rings (SSSR count).